The number of nitrogens with one attached hydrogen (secondary N) is 5. The maximum absolute atomic E-state index is 14.0. The van der Waals surface area contributed by atoms with E-state index in [-0.39, 0.29) is 30.6 Å². The van der Waals surface area contributed by atoms with Crippen molar-refractivity contribution in [3.63, 3.8) is 0 Å². The van der Waals surface area contributed by atoms with Crippen LogP contribution < -0.4 is 26.6 Å². The summed E-state index contributed by atoms with van der Waals surface area (Å²) in [5, 5.41) is 14.4. The average Bonchev–Trinajstić information content (AvgIpc) is 2.99. The van der Waals surface area contributed by atoms with E-state index >= 15 is 0 Å². The van der Waals surface area contributed by atoms with Crippen LogP contribution in [0.5, 0.6) is 0 Å². The third kappa shape index (κ3) is 11.6. The molecule has 0 aromatic heterocycles. The summed E-state index contributed by atoms with van der Waals surface area (Å²) in [4.78, 5) is 69.1. The fraction of sp³-hybridized carbons (Fsp3) is 0.528. The van der Waals surface area contributed by atoms with Gasteiger partial charge in [-0.25, -0.2) is 0 Å². The van der Waals surface area contributed by atoms with E-state index in [9.17, 15) is 24.0 Å². The first kappa shape index (κ1) is 36.3. The predicted molar refractivity (Wildman–Crippen MR) is 178 cm³/mol. The molecule has 2 aromatic carbocycles. The Kier molecular flexibility index (Phi) is 13.8. The summed E-state index contributed by atoms with van der Waals surface area (Å²) in [6, 6.07) is 13.7. The lowest BCUT2D eigenvalue weighted by molar-refractivity contribution is -0.134. The number of hydrogen-bond donors (Lipinski definition) is 5. The van der Waals surface area contributed by atoms with E-state index in [4.69, 9.17) is 0 Å². The minimum atomic E-state index is -1.03. The Bertz CT molecular complexity index is 1270. The molecule has 0 spiro atoms. The molecule has 1 aliphatic rings. The van der Waals surface area contributed by atoms with Crippen LogP contribution in [0, 0.1) is 17.8 Å². The summed E-state index contributed by atoms with van der Waals surface area (Å²) >= 11 is 0. The van der Waals surface area contributed by atoms with Gasteiger partial charge in [0.2, 0.25) is 29.5 Å². The zero-order valence-corrected chi connectivity index (χ0v) is 28.0. The molecule has 0 aliphatic carbocycles. The Morgan fingerprint density at radius 3 is 0.913 bits per heavy atom. The lowest BCUT2D eigenvalue weighted by Crippen LogP contribution is -2.58. The molecule has 46 heavy (non-hydrogen) atoms. The van der Waals surface area contributed by atoms with E-state index in [2.05, 4.69) is 26.6 Å². The van der Waals surface area contributed by atoms with Gasteiger partial charge in [-0.05, 0) is 48.1 Å². The van der Waals surface area contributed by atoms with Crippen LogP contribution in [0.25, 0.3) is 0 Å². The van der Waals surface area contributed by atoms with Crippen molar-refractivity contribution < 1.29 is 24.0 Å². The molecule has 10 heteroatoms. The molecule has 0 radical (unpaired) electrons. The summed E-state index contributed by atoms with van der Waals surface area (Å²) in [5.41, 5.74) is 1.64. The Balaban J connectivity index is 2.09. The van der Waals surface area contributed by atoms with Crippen molar-refractivity contribution in [2.75, 3.05) is 0 Å². The van der Waals surface area contributed by atoms with Gasteiger partial charge in [0.1, 0.15) is 30.2 Å². The van der Waals surface area contributed by atoms with Crippen molar-refractivity contribution in [2.24, 2.45) is 17.8 Å². The molecule has 0 saturated carbocycles. The predicted octanol–water partition coefficient (Wildman–Crippen LogP) is 3.05. The number of carbonyl (C=O) groups excluding carboxylic acids is 5. The van der Waals surface area contributed by atoms with Gasteiger partial charge in [0.25, 0.3) is 0 Å². The second-order valence-corrected chi connectivity index (χ2v) is 13.6. The van der Waals surface area contributed by atoms with E-state index < -0.39 is 59.7 Å². The van der Waals surface area contributed by atoms with Gasteiger partial charge < -0.3 is 26.6 Å². The second-order valence-electron chi connectivity index (χ2n) is 13.6. The van der Waals surface area contributed by atoms with Crippen LogP contribution in [0.15, 0.2) is 60.7 Å². The number of benzene rings is 2. The molecule has 5 amide bonds. The van der Waals surface area contributed by atoms with Gasteiger partial charge in [0.15, 0.2) is 0 Å². The van der Waals surface area contributed by atoms with Crippen molar-refractivity contribution >= 4 is 29.5 Å². The molecular weight excluding hydrogens is 582 g/mol. The molecule has 1 fully saturated rings. The van der Waals surface area contributed by atoms with Crippen LogP contribution in [0.4, 0.5) is 0 Å². The normalized spacial score (nSPS) is 23.6. The highest BCUT2D eigenvalue weighted by Gasteiger charge is 2.35. The van der Waals surface area contributed by atoms with Crippen molar-refractivity contribution in [1.82, 2.24) is 26.6 Å². The van der Waals surface area contributed by atoms with Crippen molar-refractivity contribution in [3.05, 3.63) is 71.8 Å². The van der Waals surface area contributed by atoms with Crippen LogP contribution in [-0.2, 0) is 36.8 Å². The van der Waals surface area contributed by atoms with E-state index in [1.54, 1.807) is 0 Å². The minimum Gasteiger partial charge on any atom is -0.343 e. The van der Waals surface area contributed by atoms with E-state index in [1.807, 2.05) is 102 Å². The van der Waals surface area contributed by atoms with Gasteiger partial charge in [0, 0.05) is 12.8 Å². The number of hydrogen-bond acceptors (Lipinski definition) is 5. The number of carbonyl (C=O) groups is 5. The molecule has 1 aliphatic heterocycles. The molecule has 250 valence electrons. The van der Waals surface area contributed by atoms with Crippen molar-refractivity contribution in [2.45, 2.75) is 104 Å². The summed E-state index contributed by atoms with van der Waals surface area (Å²) in [6.45, 7) is 11.7. The van der Waals surface area contributed by atoms with Crippen LogP contribution in [0.1, 0.15) is 71.9 Å². The molecule has 1 saturated heterocycles. The third-order valence-electron chi connectivity index (χ3n) is 7.85. The van der Waals surface area contributed by atoms with Gasteiger partial charge in [-0.1, -0.05) is 102 Å². The van der Waals surface area contributed by atoms with Gasteiger partial charge >= 0.3 is 0 Å². The molecule has 1 heterocycles. The second kappa shape index (κ2) is 17.5. The maximum atomic E-state index is 14.0. The largest absolute Gasteiger partial charge is 0.343 e. The van der Waals surface area contributed by atoms with Crippen LogP contribution >= 0.6 is 0 Å². The highest BCUT2D eigenvalue weighted by Crippen LogP contribution is 2.14. The van der Waals surface area contributed by atoms with Crippen LogP contribution in [0.3, 0.4) is 0 Å². The monoisotopic (exact) mass is 633 g/mol. The molecule has 5 N–H and O–H groups in total. The quantitative estimate of drug-likeness (QED) is 0.273. The van der Waals surface area contributed by atoms with E-state index in [0.717, 1.165) is 11.1 Å². The molecule has 5 atom stereocenters. The first-order valence-electron chi connectivity index (χ1n) is 16.4. The van der Waals surface area contributed by atoms with E-state index in [0.29, 0.717) is 19.3 Å². The zero-order valence-electron chi connectivity index (χ0n) is 28.0. The number of amides is 5. The molecule has 10 nitrogen and oxygen atoms in total. The summed E-state index contributed by atoms with van der Waals surface area (Å²) in [6.07, 6.45) is 1.33. The molecule has 2 aromatic rings. The highest BCUT2D eigenvalue weighted by molar-refractivity contribution is 5.98. The van der Waals surface area contributed by atoms with Gasteiger partial charge in [-0.3, -0.25) is 24.0 Å². The molecule has 0 bridgehead atoms. The maximum Gasteiger partial charge on any atom is 0.243 e. The van der Waals surface area contributed by atoms with Crippen LogP contribution in [-0.4, -0.2) is 59.7 Å². The highest BCUT2D eigenvalue weighted by atomic mass is 16.2. The first-order valence-corrected chi connectivity index (χ1v) is 16.4. The topological polar surface area (TPSA) is 146 Å². The number of rotatable bonds is 10. The fourth-order valence-corrected chi connectivity index (χ4v) is 5.59. The Morgan fingerprint density at radius 1 is 0.413 bits per heavy atom. The first-order chi connectivity index (χ1) is 21.8. The van der Waals surface area contributed by atoms with Gasteiger partial charge in [0.05, 0.1) is 0 Å². The van der Waals surface area contributed by atoms with Crippen molar-refractivity contribution in [3.8, 4) is 0 Å². The van der Waals surface area contributed by atoms with Crippen LogP contribution in [0.2, 0.25) is 0 Å². The Morgan fingerprint density at radius 2 is 0.652 bits per heavy atom. The fourth-order valence-electron chi connectivity index (χ4n) is 5.59. The molecule has 0 unspecified atom stereocenters. The molecule has 3 rings (SSSR count). The lowest BCUT2D eigenvalue weighted by atomic mass is 9.98. The molecular formula is C36H51N5O5. The van der Waals surface area contributed by atoms with Gasteiger partial charge in [-0.2, -0.15) is 0 Å². The Hall–Kier alpha value is -4.21. The Labute approximate surface area is 273 Å². The SMILES string of the molecule is CC(C)C[C@@H]1NC(=O)[C@H](CC(C)C)NC(=O)[C@H](Cc2ccccc2)NC(=O)[C@@H](Cc2ccccc2)NC(=O)[C@H](CC(C)C)NC1=O. The van der Waals surface area contributed by atoms with Gasteiger partial charge in [-0.15, -0.1) is 0 Å². The van der Waals surface area contributed by atoms with E-state index in [1.165, 1.54) is 0 Å². The smallest absolute Gasteiger partial charge is 0.243 e. The third-order valence-corrected chi connectivity index (χ3v) is 7.85. The van der Waals surface area contributed by atoms with Crippen molar-refractivity contribution in [1.29, 1.82) is 0 Å². The summed E-state index contributed by atoms with van der Waals surface area (Å²) in [7, 11) is 0. The average molecular weight is 634 g/mol. The minimum absolute atomic E-state index is 0.0465. The lowest BCUT2D eigenvalue weighted by Gasteiger charge is -2.27. The summed E-state index contributed by atoms with van der Waals surface area (Å²) in [5.74, 6) is -2.41. The zero-order chi connectivity index (χ0) is 33.8. The summed E-state index contributed by atoms with van der Waals surface area (Å²) < 4.78 is 0. The standard InChI is InChI=1S/C36H51N5O5/c1-22(2)17-27-32(42)38-29(19-24(5)6)34(44)40-31(21-26-15-11-8-12-16-26)36(46)41-30(20-25-13-9-7-10-14-25)35(45)39-28(18-23(3)4)33(43)37-27/h7-16,22-24,27-31H,17-21H2,1-6H3,(H,37,43)(H,38,42)(H,39,45)(H,40,44)(H,41,46)/t27-,28-,29-,30-,31+/m0/s1.